The zero-order valence-electron chi connectivity index (χ0n) is 22.4. The lowest BCUT2D eigenvalue weighted by Crippen LogP contribution is -2.27. The minimum atomic E-state index is -0.785. The van der Waals surface area contributed by atoms with Crippen LogP contribution in [0, 0.1) is 11.8 Å². The van der Waals surface area contributed by atoms with Gasteiger partial charge in [-0.15, -0.1) is 0 Å². The van der Waals surface area contributed by atoms with E-state index in [2.05, 4.69) is 19.1 Å². The molecule has 7 nitrogen and oxygen atoms in total. The van der Waals surface area contributed by atoms with Crippen molar-refractivity contribution in [1.29, 1.82) is 0 Å². The number of hydrogen-bond donors (Lipinski definition) is 1. The van der Waals surface area contributed by atoms with Gasteiger partial charge in [0, 0.05) is 37.9 Å². The predicted octanol–water partition coefficient (Wildman–Crippen LogP) is 6.06. The molecule has 0 aromatic heterocycles. The number of Topliss-reactive ketones (excluding diaryl/α,β-unsaturated/α-hetero) is 1. The number of ketones is 1. The molecule has 1 rings (SSSR count). The van der Waals surface area contributed by atoms with E-state index in [4.69, 9.17) is 24.1 Å². The first-order chi connectivity index (χ1) is 16.8. The molecule has 7 heteroatoms. The minimum absolute atomic E-state index is 0.0752. The standard InChI is InChI=1S/C28H48O7/c1-6-9-12-15-23(34-21(4)32-7-2)18-19-25-24(16-13-10-11-14-17-28(30)31)26(29)20-27(25)35-22(5)33-8-3/h10,13,18-19,21-25,27H,6-9,11-12,14-17,20H2,1-5H3,(H,30,31)/b13-10-,19-18+/t21?,22?,23-,24+,25-,27-/m1/s1. The van der Waals surface area contributed by atoms with Crippen molar-refractivity contribution in [2.45, 2.75) is 117 Å². The number of carbonyl (C=O) groups is 2. The van der Waals surface area contributed by atoms with E-state index in [-0.39, 0.29) is 48.8 Å². The highest BCUT2D eigenvalue weighted by molar-refractivity contribution is 5.85. The Hall–Kier alpha value is -1.54. The highest BCUT2D eigenvalue weighted by Gasteiger charge is 2.41. The zero-order valence-corrected chi connectivity index (χ0v) is 22.4. The van der Waals surface area contributed by atoms with Crippen LogP contribution in [0.5, 0.6) is 0 Å². The van der Waals surface area contributed by atoms with Gasteiger partial charge in [0.1, 0.15) is 5.78 Å². The van der Waals surface area contributed by atoms with Crippen LogP contribution in [-0.2, 0) is 28.5 Å². The van der Waals surface area contributed by atoms with E-state index in [1.54, 1.807) is 0 Å². The molecule has 1 fully saturated rings. The summed E-state index contributed by atoms with van der Waals surface area (Å²) in [5.74, 6) is -0.850. The van der Waals surface area contributed by atoms with Gasteiger partial charge >= 0.3 is 5.97 Å². The Kier molecular flexibility index (Phi) is 16.8. The van der Waals surface area contributed by atoms with Crippen molar-refractivity contribution in [2.75, 3.05) is 13.2 Å². The Labute approximate surface area is 212 Å². The number of carboxylic acid groups (broad SMARTS) is 1. The summed E-state index contributed by atoms with van der Waals surface area (Å²) in [5.41, 5.74) is 0. The van der Waals surface area contributed by atoms with Gasteiger partial charge in [0.2, 0.25) is 0 Å². The van der Waals surface area contributed by atoms with E-state index in [0.717, 1.165) is 25.7 Å². The molecular weight excluding hydrogens is 448 g/mol. The monoisotopic (exact) mass is 496 g/mol. The summed E-state index contributed by atoms with van der Waals surface area (Å²) in [4.78, 5) is 23.6. The van der Waals surface area contributed by atoms with E-state index < -0.39 is 5.97 Å². The first-order valence-electron chi connectivity index (χ1n) is 13.4. The van der Waals surface area contributed by atoms with Gasteiger partial charge in [-0.2, -0.15) is 0 Å². The lowest BCUT2D eigenvalue weighted by Gasteiger charge is -2.25. The molecule has 0 bridgehead atoms. The third-order valence-electron chi connectivity index (χ3n) is 6.20. The first-order valence-corrected chi connectivity index (χ1v) is 13.4. The maximum atomic E-state index is 12.9. The quantitative estimate of drug-likeness (QED) is 0.124. The van der Waals surface area contributed by atoms with Crippen LogP contribution in [0.3, 0.4) is 0 Å². The van der Waals surface area contributed by atoms with Crippen molar-refractivity contribution in [2.24, 2.45) is 11.8 Å². The third kappa shape index (κ3) is 13.4. The molecule has 1 aliphatic carbocycles. The Morgan fingerprint density at radius 2 is 1.77 bits per heavy atom. The first kappa shape index (κ1) is 31.5. The fourth-order valence-electron chi connectivity index (χ4n) is 4.47. The molecule has 6 atom stereocenters. The summed E-state index contributed by atoms with van der Waals surface area (Å²) in [7, 11) is 0. The molecule has 0 radical (unpaired) electrons. The van der Waals surface area contributed by atoms with Crippen LogP contribution in [0.15, 0.2) is 24.3 Å². The van der Waals surface area contributed by atoms with Crippen LogP contribution in [0.25, 0.3) is 0 Å². The van der Waals surface area contributed by atoms with Crippen molar-refractivity contribution in [3.05, 3.63) is 24.3 Å². The number of ether oxygens (including phenoxy) is 4. The van der Waals surface area contributed by atoms with E-state index in [1.165, 1.54) is 0 Å². The molecule has 0 aliphatic heterocycles. The summed E-state index contributed by atoms with van der Waals surface area (Å²) >= 11 is 0. The van der Waals surface area contributed by atoms with E-state index in [9.17, 15) is 9.59 Å². The second-order valence-electron chi connectivity index (χ2n) is 9.12. The lowest BCUT2D eigenvalue weighted by atomic mass is 9.90. The van der Waals surface area contributed by atoms with Crippen LogP contribution < -0.4 is 0 Å². The zero-order chi connectivity index (χ0) is 26.1. The summed E-state index contributed by atoms with van der Waals surface area (Å²) < 4.78 is 23.4. The van der Waals surface area contributed by atoms with Crippen molar-refractivity contribution in [1.82, 2.24) is 0 Å². The van der Waals surface area contributed by atoms with Gasteiger partial charge in [-0.1, -0.05) is 50.5 Å². The molecule has 2 unspecified atom stereocenters. The summed E-state index contributed by atoms with van der Waals surface area (Å²) in [6, 6.07) is 0. The Bertz CT molecular complexity index is 645. The number of unbranched alkanes of at least 4 members (excludes halogenated alkanes) is 3. The van der Waals surface area contributed by atoms with Gasteiger partial charge in [0.25, 0.3) is 0 Å². The van der Waals surface area contributed by atoms with Gasteiger partial charge in [-0.25, -0.2) is 0 Å². The van der Waals surface area contributed by atoms with E-state index in [0.29, 0.717) is 38.9 Å². The topological polar surface area (TPSA) is 91.3 Å². The Morgan fingerprint density at radius 1 is 1.06 bits per heavy atom. The van der Waals surface area contributed by atoms with E-state index >= 15 is 0 Å². The normalized spacial score (nSPS) is 23.3. The number of carboxylic acids is 1. The highest BCUT2D eigenvalue weighted by atomic mass is 16.7. The van der Waals surface area contributed by atoms with Crippen LogP contribution >= 0.6 is 0 Å². The second kappa shape index (κ2) is 18.7. The van der Waals surface area contributed by atoms with Crippen molar-refractivity contribution >= 4 is 11.8 Å². The van der Waals surface area contributed by atoms with Crippen LogP contribution in [0.1, 0.15) is 92.4 Å². The second-order valence-corrected chi connectivity index (χ2v) is 9.12. The molecular formula is C28H48O7. The van der Waals surface area contributed by atoms with Gasteiger partial charge in [0.15, 0.2) is 12.6 Å². The number of aliphatic carboxylic acids is 1. The van der Waals surface area contributed by atoms with Crippen LogP contribution in [-0.4, -0.2) is 54.9 Å². The maximum Gasteiger partial charge on any atom is 0.303 e. The maximum absolute atomic E-state index is 12.9. The van der Waals surface area contributed by atoms with Crippen molar-refractivity contribution < 1.29 is 33.6 Å². The highest BCUT2D eigenvalue weighted by Crippen LogP contribution is 2.36. The third-order valence-corrected chi connectivity index (χ3v) is 6.20. The number of hydrogen-bond acceptors (Lipinski definition) is 6. The number of rotatable bonds is 20. The summed E-state index contributed by atoms with van der Waals surface area (Å²) in [6.07, 6.45) is 13.8. The number of allylic oxidation sites excluding steroid dienone is 2. The largest absolute Gasteiger partial charge is 0.481 e. The van der Waals surface area contributed by atoms with E-state index in [1.807, 2.05) is 39.8 Å². The summed E-state index contributed by atoms with van der Waals surface area (Å²) in [5, 5.41) is 8.79. The minimum Gasteiger partial charge on any atom is -0.481 e. The molecule has 1 N–H and O–H groups in total. The predicted molar refractivity (Wildman–Crippen MR) is 137 cm³/mol. The van der Waals surface area contributed by atoms with Crippen LogP contribution in [0.2, 0.25) is 0 Å². The van der Waals surface area contributed by atoms with Crippen LogP contribution in [0.4, 0.5) is 0 Å². The molecule has 1 saturated carbocycles. The van der Waals surface area contributed by atoms with Crippen molar-refractivity contribution in [3.63, 3.8) is 0 Å². The fourth-order valence-corrected chi connectivity index (χ4v) is 4.47. The molecule has 35 heavy (non-hydrogen) atoms. The average Bonchev–Trinajstić information content (AvgIpc) is 3.08. The molecule has 0 aromatic rings. The fraction of sp³-hybridized carbons (Fsp3) is 0.786. The molecule has 0 spiro atoms. The van der Waals surface area contributed by atoms with Gasteiger partial charge in [-0.05, 0) is 53.4 Å². The summed E-state index contributed by atoms with van der Waals surface area (Å²) in [6.45, 7) is 11.0. The van der Waals surface area contributed by atoms with Gasteiger partial charge in [-0.3, -0.25) is 9.59 Å². The molecule has 0 aromatic carbocycles. The van der Waals surface area contributed by atoms with Gasteiger partial charge < -0.3 is 24.1 Å². The van der Waals surface area contributed by atoms with Crippen molar-refractivity contribution in [3.8, 4) is 0 Å². The Morgan fingerprint density at radius 3 is 2.43 bits per heavy atom. The van der Waals surface area contributed by atoms with Gasteiger partial charge in [0.05, 0.1) is 12.2 Å². The lowest BCUT2D eigenvalue weighted by molar-refractivity contribution is -0.163. The molecule has 1 aliphatic rings. The Balaban J connectivity index is 2.95. The molecule has 0 saturated heterocycles. The SMILES string of the molecule is CCCCC[C@H](/C=C/[C@@H]1[C@H](C/C=C\CCCC(=O)O)C(=O)C[C@H]1OC(C)OCC)OC(C)OCC. The average molecular weight is 497 g/mol. The molecule has 0 heterocycles. The molecule has 202 valence electrons. The molecule has 0 amide bonds. The smallest absolute Gasteiger partial charge is 0.303 e. The number of carbonyl (C=O) groups excluding carboxylic acids is 1.